The molecule has 7 nitrogen and oxygen atoms in total. The lowest BCUT2D eigenvalue weighted by Crippen LogP contribution is -2.60. The largest absolute Gasteiger partial charge is 0.465 e. The van der Waals surface area contributed by atoms with E-state index in [0.29, 0.717) is 0 Å². The molecule has 19 heavy (non-hydrogen) atoms. The second kappa shape index (κ2) is 3.82. The number of nitrogens with one attached hydrogen (secondary N) is 1. The van der Waals surface area contributed by atoms with Gasteiger partial charge >= 0.3 is 17.9 Å². The van der Waals surface area contributed by atoms with Gasteiger partial charge in [0, 0.05) is 12.1 Å². The summed E-state index contributed by atoms with van der Waals surface area (Å²) in [6.07, 6.45) is -5.35. The third-order valence-corrected chi connectivity index (χ3v) is 2.37. The van der Waals surface area contributed by atoms with Crippen molar-refractivity contribution in [1.29, 1.82) is 0 Å². The molecule has 0 radical (unpaired) electrons. The predicted molar refractivity (Wildman–Crippen MR) is 53.4 cm³/mol. The van der Waals surface area contributed by atoms with Crippen molar-refractivity contribution < 1.29 is 32.7 Å². The molecule has 0 saturated heterocycles. The lowest BCUT2D eigenvalue weighted by molar-refractivity contribution is -0.384. The van der Waals surface area contributed by atoms with Crippen LogP contribution in [0.25, 0.3) is 0 Å². The third kappa shape index (κ3) is 1.95. The van der Waals surface area contributed by atoms with Crippen LogP contribution in [0.15, 0.2) is 18.2 Å². The summed E-state index contributed by atoms with van der Waals surface area (Å²) in [5.41, 5.74) is -0.770. The lowest BCUT2D eigenvalue weighted by Gasteiger charge is -2.33. The van der Waals surface area contributed by atoms with Crippen molar-refractivity contribution in [3.8, 4) is 5.75 Å². The van der Waals surface area contributed by atoms with Crippen LogP contribution >= 0.6 is 0 Å². The molecule has 1 aliphatic heterocycles. The zero-order valence-corrected chi connectivity index (χ0v) is 8.89. The maximum Gasteiger partial charge on any atom is 0.465 e. The standard InChI is InChI=1S/C9H5F3N2O5/c10-9(11,12)8(16)7(15)13-5-3-4(14(17)18)1-2-6(5)19-8/h1-3,16H,(H,13,15). The summed E-state index contributed by atoms with van der Waals surface area (Å²) in [6.45, 7) is 0. The van der Waals surface area contributed by atoms with Gasteiger partial charge in [-0.3, -0.25) is 14.9 Å². The molecular weight excluding hydrogens is 273 g/mol. The molecule has 2 rings (SSSR count). The molecule has 1 aliphatic rings. The summed E-state index contributed by atoms with van der Waals surface area (Å²) in [5.74, 6) is -6.41. The molecule has 0 aliphatic carbocycles. The van der Waals surface area contributed by atoms with Crippen molar-refractivity contribution in [3.05, 3.63) is 28.3 Å². The van der Waals surface area contributed by atoms with Crippen molar-refractivity contribution in [1.82, 2.24) is 0 Å². The molecular formula is C9H5F3N2O5. The number of anilines is 1. The van der Waals surface area contributed by atoms with Crippen LogP contribution in [0.2, 0.25) is 0 Å². The van der Waals surface area contributed by atoms with Crippen molar-refractivity contribution >= 4 is 17.3 Å². The molecule has 0 bridgehead atoms. The fourth-order valence-corrected chi connectivity index (χ4v) is 1.42. The summed E-state index contributed by atoms with van der Waals surface area (Å²) in [4.78, 5) is 20.9. The van der Waals surface area contributed by atoms with Gasteiger partial charge in [-0.25, -0.2) is 0 Å². The van der Waals surface area contributed by atoms with Crippen LogP contribution in [0, 0.1) is 10.1 Å². The summed E-state index contributed by atoms with van der Waals surface area (Å²) < 4.78 is 41.8. The second-order valence-electron chi connectivity index (χ2n) is 3.64. The van der Waals surface area contributed by atoms with E-state index in [-0.39, 0.29) is 5.69 Å². The SMILES string of the molecule is O=C1Nc2cc([N+](=O)[O-])ccc2OC1(O)C(F)(F)F. The molecule has 1 aromatic rings. The molecule has 0 fully saturated rings. The van der Waals surface area contributed by atoms with E-state index in [2.05, 4.69) is 4.74 Å². The first-order chi connectivity index (χ1) is 8.65. The molecule has 10 heteroatoms. The number of amides is 1. The average molecular weight is 278 g/mol. The Morgan fingerprint density at radius 2 is 2.05 bits per heavy atom. The van der Waals surface area contributed by atoms with Crippen molar-refractivity contribution in [2.75, 3.05) is 5.32 Å². The Bertz CT molecular complexity index is 573. The number of benzene rings is 1. The quantitative estimate of drug-likeness (QED) is 0.593. The highest BCUT2D eigenvalue weighted by molar-refractivity contribution is 6.00. The molecule has 1 aromatic carbocycles. The highest BCUT2D eigenvalue weighted by Gasteiger charge is 2.64. The van der Waals surface area contributed by atoms with Gasteiger partial charge in [0.05, 0.1) is 10.6 Å². The van der Waals surface area contributed by atoms with Gasteiger partial charge in [0.1, 0.15) is 5.75 Å². The molecule has 1 amide bonds. The van der Waals surface area contributed by atoms with E-state index in [1.165, 1.54) is 0 Å². The van der Waals surface area contributed by atoms with Crippen molar-refractivity contribution in [2.45, 2.75) is 12.0 Å². The van der Waals surface area contributed by atoms with E-state index >= 15 is 0 Å². The maximum absolute atomic E-state index is 12.5. The fourth-order valence-electron chi connectivity index (χ4n) is 1.42. The number of fused-ring (bicyclic) bond motifs is 1. The number of halogens is 3. The highest BCUT2D eigenvalue weighted by Crippen LogP contribution is 2.41. The first kappa shape index (κ1) is 13.1. The Balaban J connectivity index is 2.46. The number of nitro benzene ring substituents is 1. The van der Waals surface area contributed by atoms with E-state index in [4.69, 9.17) is 0 Å². The van der Waals surface area contributed by atoms with Gasteiger partial charge in [0.2, 0.25) is 0 Å². The van der Waals surface area contributed by atoms with Gasteiger partial charge in [-0.2, -0.15) is 13.2 Å². The average Bonchev–Trinajstić information content (AvgIpc) is 2.28. The Morgan fingerprint density at radius 1 is 1.42 bits per heavy atom. The summed E-state index contributed by atoms with van der Waals surface area (Å²) in [7, 11) is 0. The van der Waals surface area contributed by atoms with E-state index in [1.807, 2.05) is 0 Å². The van der Waals surface area contributed by atoms with Gasteiger partial charge in [0.15, 0.2) is 0 Å². The van der Waals surface area contributed by atoms with Crippen LogP contribution in [0.5, 0.6) is 5.75 Å². The molecule has 1 unspecified atom stereocenters. The molecule has 2 N–H and O–H groups in total. The minimum Gasteiger partial charge on any atom is -0.444 e. The first-order valence-electron chi connectivity index (χ1n) is 4.73. The van der Waals surface area contributed by atoms with Crippen LogP contribution in [0.3, 0.4) is 0 Å². The molecule has 1 heterocycles. The molecule has 1 atom stereocenters. The Labute approximate surface area is 102 Å². The number of hydrogen-bond donors (Lipinski definition) is 2. The summed E-state index contributed by atoms with van der Waals surface area (Å²) in [5, 5.41) is 21.4. The van der Waals surface area contributed by atoms with Crippen LogP contribution in [-0.2, 0) is 4.79 Å². The smallest absolute Gasteiger partial charge is 0.444 e. The first-order valence-corrected chi connectivity index (χ1v) is 4.73. The third-order valence-electron chi connectivity index (χ3n) is 2.37. The Morgan fingerprint density at radius 3 is 2.58 bits per heavy atom. The van der Waals surface area contributed by atoms with Gasteiger partial charge < -0.3 is 15.2 Å². The van der Waals surface area contributed by atoms with Crippen LogP contribution in [-0.4, -0.2) is 27.9 Å². The zero-order chi connectivity index (χ0) is 14.4. The molecule has 0 saturated carbocycles. The normalized spacial score (nSPS) is 22.2. The van der Waals surface area contributed by atoms with Crippen LogP contribution in [0.1, 0.15) is 0 Å². The van der Waals surface area contributed by atoms with Gasteiger partial charge in [-0.15, -0.1) is 0 Å². The topological polar surface area (TPSA) is 102 Å². The van der Waals surface area contributed by atoms with Gasteiger partial charge in [-0.1, -0.05) is 0 Å². The number of hydrogen-bond acceptors (Lipinski definition) is 5. The van der Waals surface area contributed by atoms with Crippen LogP contribution < -0.4 is 10.1 Å². The predicted octanol–water partition coefficient (Wildman–Crippen LogP) is 1.18. The van der Waals surface area contributed by atoms with Gasteiger partial charge in [-0.05, 0) is 6.07 Å². The minimum atomic E-state index is -5.35. The second-order valence-corrected chi connectivity index (χ2v) is 3.64. The van der Waals surface area contributed by atoms with E-state index < -0.39 is 34.2 Å². The Kier molecular flexibility index (Phi) is 2.63. The van der Waals surface area contributed by atoms with E-state index in [1.54, 1.807) is 5.32 Å². The van der Waals surface area contributed by atoms with Gasteiger partial charge in [0.25, 0.3) is 5.69 Å². The number of non-ortho nitro benzene ring substituents is 1. The van der Waals surface area contributed by atoms with Crippen molar-refractivity contribution in [3.63, 3.8) is 0 Å². The number of rotatable bonds is 1. The monoisotopic (exact) mass is 278 g/mol. The molecule has 0 aromatic heterocycles. The fraction of sp³-hybridized carbons (Fsp3) is 0.222. The van der Waals surface area contributed by atoms with Crippen LogP contribution in [0.4, 0.5) is 24.5 Å². The lowest BCUT2D eigenvalue weighted by atomic mass is 10.1. The number of aliphatic hydroxyl groups is 1. The number of carbonyl (C=O) groups is 1. The summed E-state index contributed by atoms with van der Waals surface area (Å²) >= 11 is 0. The Hall–Kier alpha value is -2.36. The molecule has 0 spiro atoms. The van der Waals surface area contributed by atoms with E-state index in [9.17, 15) is 33.2 Å². The van der Waals surface area contributed by atoms with E-state index in [0.717, 1.165) is 18.2 Å². The maximum atomic E-state index is 12.5. The number of ether oxygens (including phenoxy) is 1. The highest BCUT2D eigenvalue weighted by atomic mass is 19.4. The van der Waals surface area contributed by atoms with Crippen molar-refractivity contribution in [2.24, 2.45) is 0 Å². The number of nitro groups is 1. The molecule has 102 valence electrons. The number of carbonyl (C=O) groups excluding carboxylic acids is 1. The number of alkyl halides is 3. The zero-order valence-electron chi connectivity index (χ0n) is 8.89. The summed E-state index contributed by atoms with van der Waals surface area (Å²) in [6, 6.07) is 2.56. The number of nitrogens with zero attached hydrogens (tertiary/aromatic N) is 1. The minimum absolute atomic E-state index is 0.326.